The van der Waals surface area contributed by atoms with E-state index in [-0.39, 0.29) is 0 Å². The molecule has 0 aliphatic heterocycles. The summed E-state index contributed by atoms with van der Waals surface area (Å²) in [5.74, 6) is -0.529. The molecule has 1 amide bonds. The van der Waals surface area contributed by atoms with Gasteiger partial charge in [0.05, 0.1) is 28.7 Å². The molecule has 0 fully saturated rings. The van der Waals surface area contributed by atoms with Crippen LogP contribution < -0.4 is 16.8 Å². The molecule has 104 valence electrons. The van der Waals surface area contributed by atoms with Crippen LogP contribution in [-0.2, 0) is 0 Å². The number of anilines is 3. The van der Waals surface area contributed by atoms with Crippen molar-refractivity contribution in [3.63, 3.8) is 0 Å². The van der Waals surface area contributed by atoms with Gasteiger partial charge in [0.25, 0.3) is 5.91 Å². The summed E-state index contributed by atoms with van der Waals surface area (Å²) < 4.78 is 0. The summed E-state index contributed by atoms with van der Waals surface area (Å²) in [7, 11) is 0. The molecule has 0 aliphatic carbocycles. The van der Waals surface area contributed by atoms with E-state index in [0.717, 1.165) is 16.6 Å². The predicted molar refractivity (Wildman–Crippen MR) is 84.4 cm³/mol. The van der Waals surface area contributed by atoms with E-state index in [1.165, 1.54) is 0 Å². The molecule has 0 saturated heterocycles. The molecule has 0 atom stereocenters. The van der Waals surface area contributed by atoms with Crippen LogP contribution in [0.3, 0.4) is 0 Å². The molecule has 1 aromatic heterocycles. The van der Waals surface area contributed by atoms with Gasteiger partial charge in [-0.2, -0.15) is 0 Å². The number of nitrogens with one attached hydrogen (secondary N) is 1. The molecule has 0 saturated carbocycles. The minimum absolute atomic E-state index is 0.350. The van der Waals surface area contributed by atoms with Gasteiger partial charge in [-0.1, -0.05) is 18.2 Å². The fraction of sp³-hybridized carbons (Fsp3) is 0. The minimum Gasteiger partial charge on any atom is -0.399 e. The van der Waals surface area contributed by atoms with E-state index < -0.39 is 5.91 Å². The zero-order valence-corrected chi connectivity index (χ0v) is 11.2. The summed E-state index contributed by atoms with van der Waals surface area (Å²) in [5.41, 5.74) is 14.2. The molecule has 2 aromatic carbocycles. The van der Waals surface area contributed by atoms with Crippen molar-refractivity contribution in [3.8, 4) is 0 Å². The first kappa shape index (κ1) is 12.9. The van der Waals surface area contributed by atoms with Gasteiger partial charge in [-0.15, -0.1) is 0 Å². The Morgan fingerprint density at radius 3 is 2.71 bits per heavy atom. The second-order valence-electron chi connectivity index (χ2n) is 4.71. The second kappa shape index (κ2) is 5.13. The van der Waals surface area contributed by atoms with Gasteiger partial charge in [0.15, 0.2) is 0 Å². The van der Waals surface area contributed by atoms with E-state index in [4.69, 9.17) is 11.5 Å². The molecule has 0 radical (unpaired) electrons. The van der Waals surface area contributed by atoms with E-state index in [2.05, 4.69) is 10.3 Å². The Labute approximate surface area is 121 Å². The number of carbonyl (C=O) groups is 1. The normalized spacial score (nSPS) is 10.5. The maximum absolute atomic E-state index is 11.5. The standard InChI is InChI=1S/C16H14N4O/c17-11-5-6-15(13(8-11)16(18)21)20-12-7-10-3-1-2-4-14(10)19-9-12/h1-9,20H,17H2,(H2,18,21). The number of carbonyl (C=O) groups excluding carboxylic acids is 1. The summed E-state index contributed by atoms with van der Waals surface area (Å²) in [6, 6.07) is 14.8. The molecule has 3 rings (SSSR count). The fourth-order valence-corrected chi connectivity index (χ4v) is 2.17. The highest BCUT2D eigenvalue weighted by Crippen LogP contribution is 2.24. The van der Waals surface area contributed by atoms with E-state index in [1.807, 2.05) is 30.3 Å². The molecule has 3 aromatic rings. The van der Waals surface area contributed by atoms with Crippen LogP contribution in [0, 0.1) is 0 Å². The number of pyridine rings is 1. The van der Waals surface area contributed by atoms with E-state index in [1.54, 1.807) is 24.4 Å². The molecule has 0 spiro atoms. The number of rotatable bonds is 3. The van der Waals surface area contributed by atoms with Gasteiger partial charge in [-0.3, -0.25) is 9.78 Å². The van der Waals surface area contributed by atoms with Crippen LogP contribution in [0.4, 0.5) is 17.1 Å². The van der Waals surface area contributed by atoms with Crippen molar-refractivity contribution in [2.24, 2.45) is 5.73 Å². The van der Waals surface area contributed by atoms with Crippen LogP contribution in [-0.4, -0.2) is 10.9 Å². The monoisotopic (exact) mass is 278 g/mol. The molecule has 5 nitrogen and oxygen atoms in total. The number of nitrogens with two attached hydrogens (primary N) is 2. The highest BCUT2D eigenvalue weighted by molar-refractivity contribution is 6.00. The third-order valence-electron chi connectivity index (χ3n) is 3.18. The van der Waals surface area contributed by atoms with Gasteiger partial charge in [0.1, 0.15) is 0 Å². The molecule has 5 N–H and O–H groups in total. The molecule has 0 aliphatic rings. The number of hydrogen-bond acceptors (Lipinski definition) is 4. The van der Waals surface area contributed by atoms with Crippen molar-refractivity contribution in [2.75, 3.05) is 11.1 Å². The zero-order valence-electron chi connectivity index (χ0n) is 11.2. The van der Waals surface area contributed by atoms with Gasteiger partial charge in [-0.05, 0) is 30.3 Å². The number of hydrogen-bond donors (Lipinski definition) is 3. The summed E-state index contributed by atoms with van der Waals surface area (Å²) in [4.78, 5) is 15.9. The Balaban J connectivity index is 2.00. The highest BCUT2D eigenvalue weighted by Gasteiger charge is 2.09. The highest BCUT2D eigenvalue weighted by atomic mass is 16.1. The van der Waals surface area contributed by atoms with Crippen molar-refractivity contribution in [1.29, 1.82) is 0 Å². The lowest BCUT2D eigenvalue weighted by Crippen LogP contribution is -2.13. The number of fused-ring (bicyclic) bond motifs is 1. The molecular formula is C16H14N4O. The van der Waals surface area contributed by atoms with Crippen LogP contribution in [0.5, 0.6) is 0 Å². The molecule has 21 heavy (non-hydrogen) atoms. The van der Waals surface area contributed by atoms with Gasteiger partial charge < -0.3 is 16.8 Å². The van der Waals surface area contributed by atoms with Gasteiger partial charge in [0.2, 0.25) is 0 Å². The van der Waals surface area contributed by atoms with Crippen molar-refractivity contribution >= 4 is 33.9 Å². The lowest BCUT2D eigenvalue weighted by atomic mass is 10.1. The van der Waals surface area contributed by atoms with E-state index >= 15 is 0 Å². The van der Waals surface area contributed by atoms with Crippen LogP contribution in [0.2, 0.25) is 0 Å². The summed E-state index contributed by atoms with van der Waals surface area (Å²) in [5, 5.41) is 4.17. The van der Waals surface area contributed by atoms with Gasteiger partial charge in [0, 0.05) is 11.1 Å². The van der Waals surface area contributed by atoms with Crippen molar-refractivity contribution in [2.45, 2.75) is 0 Å². The fourth-order valence-electron chi connectivity index (χ4n) is 2.17. The van der Waals surface area contributed by atoms with Crippen LogP contribution >= 0.6 is 0 Å². The zero-order chi connectivity index (χ0) is 14.8. The van der Waals surface area contributed by atoms with Crippen molar-refractivity contribution in [1.82, 2.24) is 4.98 Å². The number of primary amides is 1. The van der Waals surface area contributed by atoms with Gasteiger partial charge >= 0.3 is 0 Å². The third kappa shape index (κ3) is 2.62. The van der Waals surface area contributed by atoms with Crippen LogP contribution in [0.25, 0.3) is 10.9 Å². The Morgan fingerprint density at radius 2 is 1.90 bits per heavy atom. The lowest BCUT2D eigenvalue weighted by molar-refractivity contribution is 0.100. The summed E-state index contributed by atoms with van der Waals surface area (Å²) in [6.07, 6.45) is 1.71. The number of benzene rings is 2. The third-order valence-corrected chi connectivity index (χ3v) is 3.18. The molecule has 0 unspecified atom stereocenters. The second-order valence-corrected chi connectivity index (χ2v) is 4.71. The van der Waals surface area contributed by atoms with Crippen LogP contribution in [0.15, 0.2) is 54.7 Å². The Hall–Kier alpha value is -3.08. The minimum atomic E-state index is -0.529. The average Bonchev–Trinajstić information content (AvgIpc) is 2.49. The smallest absolute Gasteiger partial charge is 0.250 e. The number of aromatic nitrogens is 1. The number of para-hydroxylation sites is 1. The first-order valence-corrected chi connectivity index (χ1v) is 6.44. The van der Waals surface area contributed by atoms with Crippen molar-refractivity contribution in [3.05, 3.63) is 60.3 Å². The average molecular weight is 278 g/mol. The Morgan fingerprint density at radius 1 is 1.10 bits per heavy atom. The molecule has 1 heterocycles. The predicted octanol–water partition coefficient (Wildman–Crippen LogP) is 2.66. The summed E-state index contributed by atoms with van der Waals surface area (Å²) in [6.45, 7) is 0. The van der Waals surface area contributed by atoms with Crippen molar-refractivity contribution < 1.29 is 4.79 Å². The molecule has 0 bridgehead atoms. The van der Waals surface area contributed by atoms with Gasteiger partial charge in [-0.25, -0.2) is 0 Å². The Kier molecular flexibility index (Phi) is 3.16. The molecule has 5 heteroatoms. The lowest BCUT2D eigenvalue weighted by Gasteiger charge is -2.11. The molecular weight excluding hydrogens is 264 g/mol. The maximum atomic E-state index is 11.5. The quantitative estimate of drug-likeness (QED) is 0.642. The Bertz CT molecular complexity index is 829. The number of nitrogens with zero attached hydrogens (tertiary/aromatic N) is 1. The number of amides is 1. The summed E-state index contributed by atoms with van der Waals surface area (Å²) >= 11 is 0. The topological polar surface area (TPSA) is 94.0 Å². The SMILES string of the molecule is NC(=O)c1cc(N)ccc1Nc1cnc2ccccc2c1. The van der Waals surface area contributed by atoms with E-state index in [9.17, 15) is 4.79 Å². The first-order chi connectivity index (χ1) is 10.1. The van der Waals surface area contributed by atoms with E-state index in [0.29, 0.717) is 16.9 Å². The van der Waals surface area contributed by atoms with Crippen LogP contribution in [0.1, 0.15) is 10.4 Å². The largest absolute Gasteiger partial charge is 0.399 e. The first-order valence-electron chi connectivity index (χ1n) is 6.44. The number of nitrogen functional groups attached to an aromatic ring is 1. The maximum Gasteiger partial charge on any atom is 0.250 e.